The number of hydroxylamine groups is 2. The van der Waals surface area contributed by atoms with Crippen LogP contribution in [0.3, 0.4) is 0 Å². The van der Waals surface area contributed by atoms with Gasteiger partial charge in [-0.1, -0.05) is 37.8 Å². The van der Waals surface area contributed by atoms with Gasteiger partial charge in [-0.3, -0.25) is 4.84 Å². The molecule has 1 aliphatic heterocycles. The van der Waals surface area contributed by atoms with E-state index in [0.717, 1.165) is 30.9 Å². The van der Waals surface area contributed by atoms with E-state index in [1.165, 1.54) is 25.7 Å². The highest BCUT2D eigenvalue weighted by molar-refractivity contribution is 5.26. The molecule has 25 heavy (non-hydrogen) atoms. The molecule has 2 heterocycles. The molecule has 0 bridgehead atoms. The smallest absolute Gasteiger partial charge is 0.123 e. The molecule has 2 atom stereocenters. The van der Waals surface area contributed by atoms with Crippen LogP contribution in [0.2, 0.25) is 0 Å². The monoisotopic (exact) mass is 343 g/mol. The highest BCUT2D eigenvalue weighted by Gasteiger charge is 2.47. The van der Waals surface area contributed by atoms with Crippen LogP contribution in [0.15, 0.2) is 43.0 Å². The van der Waals surface area contributed by atoms with Crippen LogP contribution >= 0.6 is 0 Å². The molecule has 1 aromatic carbocycles. The van der Waals surface area contributed by atoms with Crippen molar-refractivity contribution >= 4 is 0 Å². The first-order chi connectivity index (χ1) is 12.2. The molecule has 2 fully saturated rings. The number of nitrogens with zero attached hydrogens (tertiary/aromatic N) is 3. The first kappa shape index (κ1) is 16.7. The second-order valence-electron chi connectivity index (χ2n) is 7.59. The molecule has 2 unspecified atom stereocenters. The van der Waals surface area contributed by atoms with Gasteiger partial charge in [0.1, 0.15) is 5.82 Å². The van der Waals surface area contributed by atoms with Crippen molar-refractivity contribution in [1.29, 1.82) is 0 Å². The van der Waals surface area contributed by atoms with E-state index in [2.05, 4.69) is 9.55 Å². The second-order valence-corrected chi connectivity index (χ2v) is 7.59. The van der Waals surface area contributed by atoms with Crippen molar-refractivity contribution in [2.24, 2.45) is 5.92 Å². The van der Waals surface area contributed by atoms with Gasteiger partial charge in [0.15, 0.2) is 0 Å². The minimum absolute atomic E-state index is 0.203. The van der Waals surface area contributed by atoms with Crippen molar-refractivity contribution < 1.29 is 9.23 Å². The summed E-state index contributed by atoms with van der Waals surface area (Å²) in [6.07, 6.45) is 13.2. The van der Waals surface area contributed by atoms with Crippen molar-refractivity contribution in [3.05, 3.63) is 54.4 Å². The highest BCUT2D eigenvalue weighted by Crippen LogP contribution is 2.44. The average Bonchev–Trinajstić information content (AvgIpc) is 3.33. The molecular formula is C20H26FN3O. The lowest BCUT2D eigenvalue weighted by Gasteiger charge is -2.34. The Morgan fingerprint density at radius 3 is 2.68 bits per heavy atom. The summed E-state index contributed by atoms with van der Waals surface area (Å²) < 4.78 is 15.5. The largest absolute Gasteiger partial charge is 0.335 e. The van der Waals surface area contributed by atoms with Crippen LogP contribution in [0.4, 0.5) is 4.39 Å². The number of likely N-dealkylation sites (N-methyl/N-ethyl adjacent to an activating group) is 1. The molecule has 0 spiro atoms. The highest BCUT2D eigenvalue weighted by atomic mass is 19.1. The number of hydrogen-bond acceptors (Lipinski definition) is 3. The van der Waals surface area contributed by atoms with E-state index in [1.54, 1.807) is 18.3 Å². The summed E-state index contributed by atoms with van der Waals surface area (Å²) >= 11 is 0. The number of hydrogen-bond donors (Lipinski definition) is 0. The molecule has 2 aromatic rings. The van der Waals surface area contributed by atoms with E-state index in [1.807, 2.05) is 36.8 Å². The zero-order valence-electron chi connectivity index (χ0n) is 14.8. The third kappa shape index (κ3) is 3.35. The van der Waals surface area contributed by atoms with Crippen molar-refractivity contribution in [1.82, 2.24) is 14.6 Å². The summed E-state index contributed by atoms with van der Waals surface area (Å²) in [5, 5.41) is 2.00. The first-order valence-electron chi connectivity index (χ1n) is 9.28. The summed E-state index contributed by atoms with van der Waals surface area (Å²) in [4.78, 5) is 10.5. The van der Waals surface area contributed by atoms with Gasteiger partial charge in [0.05, 0.1) is 18.0 Å². The van der Waals surface area contributed by atoms with Gasteiger partial charge in [0, 0.05) is 32.4 Å². The van der Waals surface area contributed by atoms with Gasteiger partial charge in [-0.2, -0.15) is 5.06 Å². The summed E-state index contributed by atoms with van der Waals surface area (Å²) in [7, 11) is 2.01. The normalized spacial score (nSPS) is 28.0. The fourth-order valence-corrected chi connectivity index (χ4v) is 4.61. The molecule has 1 saturated carbocycles. The van der Waals surface area contributed by atoms with Crippen LogP contribution in [-0.2, 0) is 16.9 Å². The summed E-state index contributed by atoms with van der Waals surface area (Å²) in [6, 6.07) is 6.88. The van der Waals surface area contributed by atoms with Crippen LogP contribution in [-0.4, -0.2) is 27.8 Å². The maximum Gasteiger partial charge on any atom is 0.123 e. The maximum atomic E-state index is 13.5. The number of benzene rings is 1. The van der Waals surface area contributed by atoms with E-state index in [4.69, 9.17) is 4.84 Å². The van der Waals surface area contributed by atoms with Gasteiger partial charge >= 0.3 is 0 Å². The number of rotatable bonds is 5. The minimum Gasteiger partial charge on any atom is -0.335 e. The molecule has 4 nitrogen and oxygen atoms in total. The quantitative estimate of drug-likeness (QED) is 0.817. The van der Waals surface area contributed by atoms with Crippen LogP contribution in [0.25, 0.3) is 0 Å². The third-order valence-electron chi connectivity index (χ3n) is 5.93. The van der Waals surface area contributed by atoms with E-state index in [0.29, 0.717) is 0 Å². The average molecular weight is 343 g/mol. The summed E-state index contributed by atoms with van der Waals surface area (Å²) in [6.45, 7) is 0.746. The predicted octanol–water partition coefficient (Wildman–Crippen LogP) is 4.13. The lowest BCUT2D eigenvalue weighted by Crippen LogP contribution is -2.41. The molecule has 5 heteroatoms. The van der Waals surface area contributed by atoms with Gasteiger partial charge in [0.2, 0.25) is 0 Å². The summed E-state index contributed by atoms with van der Waals surface area (Å²) in [5.41, 5.74) is 0.802. The first-order valence-corrected chi connectivity index (χ1v) is 9.28. The summed E-state index contributed by atoms with van der Waals surface area (Å²) in [5.74, 6) is 0.585. The lowest BCUT2D eigenvalue weighted by atomic mass is 9.83. The van der Waals surface area contributed by atoms with Gasteiger partial charge in [0.25, 0.3) is 0 Å². The van der Waals surface area contributed by atoms with Crippen LogP contribution < -0.4 is 0 Å². The number of halogens is 1. The van der Waals surface area contributed by atoms with Crippen molar-refractivity contribution in [3.8, 4) is 0 Å². The number of imidazole rings is 1. The van der Waals surface area contributed by atoms with Crippen molar-refractivity contribution in [2.75, 3.05) is 7.05 Å². The molecule has 1 saturated heterocycles. The molecule has 0 radical (unpaired) electrons. The van der Waals surface area contributed by atoms with E-state index < -0.39 is 0 Å². The molecule has 0 amide bonds. The molecule has 2 aliphatic rings. The Labute approximate surface area is 148 Å². The van der Waals surface area contributed by atoms with Gasteiger partial charge < -0.3 is 4.57 Å². The Morgan fingerprint density at radius 1 is 1.24 bits per heavy atom. The topological polar surface area (TPSA) is 30.3 Å². The van der Waals surface area contributed by atoms with E-state index >= 15 is 0 Å². The van der Waals surface area contributed by atoms with Crippen molar-refractivity contribution in [2.45, 2.75) is 56.7 Å². The SMILES string of the molecule is CN1OC(CC2CCCC2)CC1(Cn1ccnc1)c1ccc(F)cc1. The Hall–Kier alpha value is -1.72. The van der Waals surface area contributed by atoms with Gasteiger partial charge in [-0.25, -0.2) is 9.37 Å². The molecule has 134 valence electrons. The van der Waals surface area contributed by atoms with Crippen molar-refractivity contribution in [3.63, 3.8) is 0 Å². The maximum absolute atomic E-state index is 13.5. The van der Waals surface area contributed by atoms with Crippen LogP contribution in [0, 0.1) is 11.7 Å². The Kier molecular flexibility index (Phi) is 4.61. The minimum atomic E-state index is -0.294. The molecule has 1 aliphatic carbocycles. The fourth-order valence-electron chi connectivity index (χ4n) is 4.61. The van der Waals surface area contributed by atoms with E-state index in [-0.39, 0.29) is 17.5 Å². The Balaban J connectivity index is 1.61. The van der Waals surface area contributed by atoms with Crippen LogP contribution in [0.5, 0.6) is 0 Å². The second kappa shape index (κ2) is 6.89. The number of aromatic nitrogens is 2. The molecule has 1 aromatic heterocycles. The zero-order chi connectivity index (χ0) is 17.3. The van der Waals surface area contributed by atoms with Gasteiger partial charge in [-0.15, -0.1) is 0 Å². The Bertz CT molecular complexity index is 681. The predicted molar refractivity (Wildman–Crippen MR) is 94.1 cm³/mol. The molecular weight excluding hydrogens is 317 g/mol. The standard InChI is InChI=1S/C20H26FN3O/c1-23-20(14-24-11-10-22-15-24,17-6-8-18(21)9-7-17)13-19(25-23)12-16-4-2-3-5-16/h6-11,15-16,19H,2-5,12-14H2,1H3. The zero-order valence-corrected chi connectivity index (χ0v) is 14.8. The Morgan fingerprint density at radius 2 is 2.00 bits per heavy atom. The molecule has 4 rings (SSSR count). The van der Waals surface area contributed by atoms with E-state index in [9.17, 15) is 4.39 Å². The van der Waals surface area contributed by atoms with Gasteiger partial charge in [-0.05, 0) is 30.0 Å². The molecule has 0 N–H and O–H groups in total. The third-order valence-corrected chi connectivity index (χ3v) is 5.93. The lowest BCUT2D eigenvalue weighted by molar-refractivity contribution is -0.177. The fraction of sp³-hybridized carbons (Fsp3) is 0.550. The van der Waals surface area contributed by atoms with Crippen LogP contribution in [0.1, 0.15) is 44.1 Å².